The molecule has 0 aromatic carbocycles. The fourth-order valence-electron chi connectivity index (χ4n) is 0. The van der Waals surface area contributed by atoms with Crippen molar-refractivity contribution in [3.05, 3.63) is 0 Å². The molecular formula is C4H4N4O4. The van der Waals surface area contributed by atoms with E-state index in [-0.39, 0.29) is 0 Å². The first-order valence-corrected chi connectivity index (χ1v) is 1.81. The van der Waals surface area contributed by atoms with Crippen LogP contribution in [0.1, 0.15) is 0 Å². The summed E-state index contributed by atoms with van der Waals surface area (Å²) in [6.45, 7) is 0. The summed E-state index contributed by atoms with van der Waals surface area (Å²) in [5.41, 5.74) is 0. The molecule has 0 rings (SSSR count). The normalized spacial score (nSPS) is 2.58. The standard InChI is InChI=1S/4CHNO/c4*2-1-3/h3H;3*2H. The minimum absolute atomic E-state index is 0.750. The van der Waals surface area contributed by atoms with Gasteiger partial charge in [-0.15, -0.1) is 0 Å². The molecule has 0 saturated carbocycles. The first kappa shape index (κ1) is 22.7. The van der Waals surface area contributed by atoms with Gasteiger partial charge in [0.1, 0.15) is 0 Å². The second-order valence-electron chi connectivity index (χ2n) is 0.406. The summed E-state index contributed by atoms with van der Waals surface area (Å²) < 4.78 is 0. The van der Waals surface area contributed by atoms with Crippen LogP contribution in [0.5, 0.6) is 0 Å². The van der Waals surface area contributed by atoms with Gasteiger partial charge in [-0.1, -0.05) is 0 Å². The molecule has 0 amide bonds. The molecule has 8 nitrogen and oxygen atoms in total. The van der Waals surface area contributed by atoms with E-state index in [9.17, 15) is 0 Å². The van der Waals surface area contributed by atoms with Crippen LogP contribution in [0, 0.1) is 27.7 Å². The van der Waals surface area contributed by atoms with E-state index in [1.165, 1.54) is 0 Å². The zero-order valence-electron chi connectivity index (χ0n) is 5.62. The summed E-state index contributed by atoms with van der Waals surface area (Å²) in [5.74, 6) is 0. The number of rotatable bonds is 0. The van der Waals surface area contributed by atoms with Gasteiger partial charge in [-0.25, -0.2) is 30.6 Å². The van der Waals surface area contributed by atoms with Crippen molar-refractivity contribution in [3.63, 3.8) is 0 Å². The molecule has 0 atom stereocenters. The monoisotopic (exact) mass is 172 g/mol. The number of hydrogen-bond acceptors (Lipinski definition) is 8. The Kier molecular flexibility index (Phi) is 431. The molecule has 0 aromatic heterocycles. The van der Waals surface area contributed by atoms with E-state index in [4.69, 9.17) is 41.0 Å². The molecule has 0 radical (unpaired) electrons. The molecule has 0 aliphatic rings. The largest absolute Gasteiger partial charge is 0.443 e. The third-order valence-electron chi connectivity index (χ3n) is 0. The molecule has 4 N–H and O–H groups in total. The molecule has 0 unspecified atom stereocenters. The van der Waals surface area contributed by atoms with Crippen LogP contribution in [-0.2, 0) is 14.4 Å². The van der Waals surface area contributed by atoms with Gasteiger partial charge in [0.25, 0.3) is 6.26 Å². The minimum Gasteiger partial charge on any atom is -0.443 e. The maximum Gasteiger partial charge on any atom is 0.283 e. The smallest absolute Gasteiger partial charge is 0.283 e. The SMILES string of the molecule is N#CO.N=C=O.N=C=O.N=C=O. The third-order valence-corrected chi connectivity index (χ3v) is 0. The molecule has 0 aliphatic carbocycles. The lowest BCUT2D eigenvalue weighted by molar-refractivity contribution is 0.503. The van der Waals surface area contributed by atoms with Crippen molar-refractivity contribution in [1.29, 1.82) is 21.5 Å². The van der Waals surface area contributed by atoms with Crippen LogP contribution in [-0.4, -0.2) is 23.3 Å². The van der Waals surface area contributed by atoms with Crippen molar-refractivity contribution in [3.8, 4) is 6.26 Å². The van der Waals surface area contributed by atoms with Crippen molar-refractivity contribution >= 4 is 18.2 Å². The van der Waals surface area contributed by atoms with Crippen LogP contribution >= 0.6 is 0 Å². The second kappa shape index (κ2) is 228. The van der Waals surface area contributed by atoms with Gasteiger partial charge < -0.3 is 5.11 Å². The van der Waals surface area contributed by atoms with Gasteiger partial charge in [-0.2, -0.15) is 5.26 Å². The number of nitrogens with zero attached hydrogens (tertiary/aromatic N) is 1. The van der Waals surface area contributed by atoms with E-state index >= 15 is 0 Å². The molecule has 0 saturated heterocycles. The Labute approximate surface area is 66.6 Å². The molecule has 0 fully saturated rings. The Bertz CT molecular complexity index is 171. The molecule has 0 spiro atoms. The van der Waals surface area contributed by atoms with Crippen LogP contribution in [0.4, 0.5) is 0 Å². The van der Waals surface area contributed by atoms with Crippen molar-refractivity contribution in [2.75, 3.05) is 0 Å². The molecule has 0 aromatic rings. The highest BCUT2D eigenvalue weighted by Crippen LogP contribution is 1.06. The highest BCUT2D eigenvalue weighted by Gasteiger charge is 1.16. The fourth-order valence-corrected chi connectivity index (χ4v) is 0. The summed E-state index contributed by atoms with van der Waals surface area (Å²) in [6, 6.07) is 0. The Balaban J connectivity index is -0.0000000356. The zero-order valence-corrected chi connectivity index (χ0v) is 5.62. The average molecular weight is 172 g/mol. The average Bonchev–Trinajstić information content (AvgIpc) is 1.92. The van der Waals surface area contributed by atoms with Crippen LogP contribution in [0.3, 0.4) is 0 Å². The molecule has 0 aliphatic heterocycles. The Morgan fingerprint density at radius 2 is 0.917 bits per heavy atom. The van der Waals surface area contributed by atoms with Crippen LogP contribution in [0.15, 0.2) is 0 Å². The van der Waals surface area contributed by atoms with Gasteiger partial charge in [0.15, 0.2) is 0 Å². The van der Waals surface area contributed by atoms with E-state index in [2.05, 4.69) is 0 Å². The Hall–Kier alpha value is -2.57. The second-order valence-corrected chi connectivity index (χ2v) is 0.406. The number of nitrogens with one attached hydrogen (secondary N) is 3. The summed E-state index contributed by atoms with van der Waals surface area (Å²) >= 11 is 0. The van der Waals surface area contributed by atoms with Crippen LogP contribution in [0.25, 0.3) is 0 Å². The lowest BCUT2D eigenvalue weighted by Crippen LogP contribution is -1.27. The van der Waals surface area contributed by atoms with Gasteiger partial charge in [-0.05, 0) is 0 Å². The highest BCUT2D eigenvalue weighted by atomic mass is 16.2. The molecule has 64 valence electrons. The van der Waals surface area contributed by atoms with Gasteiger partial charge in [0.2, 0.25) is 18.2 Å². The number of carbonyl (C=O) groups excluding carboxylic acids is 3. The molecular weight excluding hydrogens is 168 g/mol. The predicted octanol–water partition coefficient (Wildman–Crippen LogP) is -0.457. The lowest BCUT2D eigenvalue weighted by atomic mass is 11.6. The first-order chi connectivity index (χ1) is 5.66. The summed E-state index contributed by atoms with van der Waals surface area (Å²) in [7, 11) is 0. The summed E-state index contributed by atoms with van der Waals surface area (Å²) in [6.07, 6.45) is 3.00. The number of nitriles is 1. The van der Waals surface area contributed by atoms with E-state index in [1.807, 2.05) is 0 Å². The Morgan fingerprint density at radius 1 is 0.917 bits per heavy atom. The van der Waals surface area contributed by atoms with Crippen molar-refractivity contribution in [1.82, 2.24) is 0 Å². The number of aliphatic hydroxyl groups excluding tert-OH is 1. The number of hydrogen-bond donors (Lipinski definition) is 4. The topological polar surface area (TPSA) is 167 Å². The molecule has 0 bridgehead atoms. The van der Waals surface area contributed by atoms with Crippen LogP contribution < -0.4 is 0 Å². The molecule has 12 heavy (non-hydrogen) atoms. The third kappa shape index (κ3) is 46.5. The summed E-state index contributed by atoms with van der Waals surface area (Å²) in [5, 5.41) is 30.0. The lowest BCUT2D eigenvalue weighted by Gasteiger charge is -1.25. The van der Waals surface area contributed by atoms with E-state index in [0.29, 0.717) is 0 Å². The quantitative estimate of drug-likeness (QED) is 0.220. The van der Waals surface area contributed by atoms with Crippen molar-refractivity contribution < 1.29 is 19.5 Å². The zero-order chi connectivity index (χ0) is 10.8. The van der Waals surface area contributed by atoms with Crippen LogP contribution in [0.2, 0.25) is 0 Å². The Morgan fingerprint density at radius 3 is 0.917 bits per heavy atom. The van der Waals surface area contributed by atoms with E-state index in [1.54, 1.807) is 0 Å². The van der Waals surface area contributed by atoms with E-state index < -0.39 is 0 Å². The van der Waals surface area contributed by atoms with Gasteiger partial charge in [-0.3, -0.25) is 0 Å². The molecule has 8 heteroatoms. The summed E-state index contributed by atoms with van der Waals surface area (Å²) in [4.78, 5) is 25.0. The number of isocyanates is 3. The maximum atomic E-state index is 8.35. The fraction of sp³-hybridized carbons (Fsp3) is 0. The van der Waals surface area contributed by atoms with Gasteiger partial charge in [0.05, 0.1) is 0 Å². The van der Waals surface area contributed by atoms with E-state index in [0.717, 1.165) is 24.5 Å². The van der Waals surface area contributed by atoms with Crippen molar-refractivity contribution in [2.24, 2.45) is 0 Å². The molecule has 0 heterocycles. The predicted molar refractivity (Wildman–Crippen MR) is 32.8 cm³/mol. The maximum absolute atomic E-state index is 8.35. The van der Waals surface area contributed by atoms with Gasteiger partial charge >= 0.3 is 0 Å². The number of aliphatic hydroxyl groups is 1. The van der Waals surface area contributed by atoms with Crippen molar-refractivity contribution in [2.45, 2.75) is 0 Å². The minimum atomic E-state index is 0.750. The first-order valence-electron chi connectivity index (χ1n) is 1.81. The van der Waals surface area contributed by atoms with Gasteiger partial charge in [0, 0.05) is 0 Å². The highest BCUT2D eigenvalue weighted by molar-refractivity contribution is 5.26.